The molecule has 0 unspecified atom stereocenters. The third-order valence-electron chi connectivity index (χ3n) is 3.79. The van der Waals surface area contributed by atoms with Crippen LogP contribution in [0, 0.1) is 0 Å². The van der Waals surface area contributed by atoms with Crippen LogP contribution in [0.3, 0.4) is 0 Å². The van der Waals surface area contributed by atoms with Gasteiger partial charge in [0, 0.05) is 5.90 Å². The number of benzene rings is 2. The molecule has 0 amide bonds. The Morgan fingerprint density at radius 3 is 2.14 bits per heavy atom. The van der Waals surface area contributed by atoms with Gasteiger partial charge >= 0.3 is 12.5 Å². The second kappa shape index (κ2) is 7.71. The van der Waals surface area contributed by atoms with E-state index in [9.17, 15) is 22.7 Å². The van der Waals surface area contributed by atoms with E-state index in [0.29, 0.717) is 16.7 Å². The van der Waals surface area contributed by atoms with Gasteiger partial charge in [0.1, 0.15) is 11.9 Å². The molecule has 0 fully saturated rings. The molecule has 0 aliphatic rings. The first kappa shape index (κ1) is 19.4. The van der Waals surface area contributed by atoms with Crippen molar-refractivity contribution in [3.63, 3.8) is 0 Å². The summed E-state index contributed by atoms with van der Waals surface area (Å²) in [5.74, 6) is -0.805. The van der Waals surface area contributed by atoms with Crippen LogP contribution in [-0.4, -0.2) is 23.1 Å². The molecule has 1 heterocycles. The topological polar surface area (TPSA) is 53.5 Å². The molecule has 0 atom stereocenters. The normalized spacial score (nSPS) is 12.4. The fourth-order valence-corrected chi connectivity index (χ4v) is 2.38. The minimum absolute atomic E-state index is 0.372. The van der Waals surface area contributed by atoms with Gasteiger partial charge in [0.25, 0.3) is 6.33 Å². The zero-order valence-corrected chi connectivity index (χ0v) is 14.6. The molecular formula is C19H15F4N3O2. The van der Waals surface area contributed by atoms with Crippen molar-refractivity contribution in [2.45, 2.75) is 12.5 Å². The fraction of sp³-hybridized carbons (Fsp3) is 0.158. The summed E-state index contributed by atoms with van der Waals surface area (Å²) in [6.07, 6.45) is -3.47. The highest BCUT2D eigenvalue weighted by Crippen LogP contribution is 2.29. The van der Waals surface area contributed by atoms with Gasteiger partial charge in [0.05, 0.1) is 7.05 Å². The molecule has 0 saturated carbocycles. The molecule has 2 aromatic carbocycles. The average Bonchev–Trinajstić information content (AvgIpc) is 3.07. The number of hydrogen-bond donors (Lipinski definition) is 0. The Hall–Kier alpha value is -3.36. The smallest absolute Gasteiger partial charge is 0.461 e. The van der Waals surface area contributed by atoms with Gasteiger partial charge in [-0.15, -0.1) is 4.68 Å². The second-order valence-electron chi connectivity index (χ2n) is 5.93. The van der Waals surface area contributed by atoms with Crippen molar-refractivity contribution in [3.05, 3.63) is 72.8 Å². The monoisotopic (exact) mass is 393 g/mol. The number of halogens is 4. The summed E-state index contributed by atoms with van der Waals surface area (Å²) in [5, 5.41) is 16.1. The number of aryl methyl sites for hydroxylation is 1. The lowest BCUT2D eigenvalue weighted by Gasteiger charge is -2.17. The van der Waals surface area contributed by atoms with E-state index in [-0.39, 0.29) is 5.75 Å². The molecule has 0 saturated heterocycles. The molecule has 146 valence electrons. The lowest BCUT2D eigenvalue weighted by molar-refractivity contribution is -0.671. The lowest BCUT2D eigenvalue weighted by atomic mass is 10.0. The first-order valence-electron chi connectivity index (χ1n) is 8.10. The second-order valence-corrected chi connectivity index (χ2v) is 5.93. The minimum Gasteiger partial charge on any atom is -0.856 e. The van der Waals surface area contributed by atoms with E-state index in [1.165, 1.54) is 28.9 Å². The summed E-state index contributed by atoms with van der Waals surface area (Å²) in [6, 6.07) is 11.8. The van der Waals surface area contributed by atoms with Gasteiger partial charge in [-0.2, -0.15) is 17.6 Å². The maximum Gasteiger partial charge on any atom is 0.461 e. The summed E-state index contributed by atoms with van der Waals surface area (Å²) in [7, 11) is 1.80. The van der Waals surface area contributed by atoms with E-state index in [0.717, 1.165) is 0 Å². The lowest BCUT2D eigenvalue weighted by Crippen LogP contribution is -2.33. The SMILES string of the molecule is C[n+]1ccn(/N=C(\[O-])c2ccc(-c3ccc(OC(F)(F)C(F)F)cc3)cc2)c1. The van der Waals surface area contributed by atoms with Crippen LogP contribution >= 0.6 is 0 Å². The van der Waals surface area contributed by atoms with Gasteiger partial charge < -0.3 is 9.84 Å². The Bertz CT molecular complexity index is 968. The number of imidazole rings is 1. The molecule has 3 aromatic rings. The molecule has 0 N–H and O–H groups in total. The zero-order valence-electron chi connectivity index (χ0n) is 14.6. The Balaban J connectivity index is 1.74. The number of rotatable bonds is 6. The first-order valence-corrected chi connectivity index (χ1v) is 8.10. The summed E-state index contributed by atoms with van der Waals surface area (Å²) in [5.41, 5.74) is 1.72. The van der Waals surface area contributed by atoms with Crippen molar-refractivity contribution in [2.75, 3.05) is 0 Å². The number of nitrogens with zero attached hydrogens (tertiary/aromatic N) is 3. The molecule has 9 heteroatoms. The van der Waals surface area contributed by atoms with E-state index >= 15 is 0 Å². The van der Waals surface area contributed by atoms with Crippen LogP contribution in [0.25, 0.3) is 11.1 Å². The molecular weight excluding hydrogens is 378 g/mol. The van der Waals surface area contributed by atoms with Crippen molar-refractivity contribution < 1.29 is 32.0 Å². The van der Waals surface area contributed by atoms with E-state index < -0.39 is 18.4 Å². The average molecular weight is 393 g/mol. The summed E-state index contributed by atoms with van der Waals surface area (Å²) >= 11 is 0. The van der Waals surface area contributed by atoms with Crippen LogP contribution in [0.15, 0.2) is 72.4 Å². The number of alkyl halides is 4. The summed E-state index contributed by atoms with van der Waals surface area (Å²) < 4.78 is 57.3. The van der Waals surface area contributed by atoms with E-state index in [1.807, 2.05) is 0 Å². The highest BCUT2D eigenvalue weighted by molar-refractivity contribution is 5.91. The largest absolute Gasteiger partial charge is 0.856 e. The van der Waals surface area contributed by atoms with Crippen LogP contribution in [0.5, 0.6) is 5.75 Å². The highest BCUT2D eigenvalue weighted by Gasteiger charge is 2.43. The highest BCUT2D eigenvalue weighted by atomic mass is 19.3. The Morgan fingerprint density at radius 1 is 1.07 bits per heavy atom. The molecule has 28 heavy (non-hydrogen) atoms. The minimum atomic E-state index is -4.55. The number of ether oxygens (including phenoxy) is 1. The summed E-state index contributed by atoms with van der Waals surface area (Å²) in [6.45, 7) is 0. The van der Waals surface area contributed by atoms with Crippen LogP contribution in [0.4, 0.5) is 17.6 Å². The fourth-order valence-electron chi connectivity index (χ4n) is 2.38. The molecule has 0 radical (unpaired) electrons. The van der Waals surface area contributed by atoms with Crippen molar-refractivity contribution in [2.24, 2.45) is 12.1 Å². The van der Waals surface area contributed by atoms with Crippen LogP contribution in [-0.2, 0) is 7.05 Å². The van der Waals surface area contributed by atoms with Crippen molar-refractivity contribution in [3.8, 4) is 16.9 Å². The number of aromatic nitrogens is 2. The Kier molecular flexibility index (Phi) is 5.34. The van der Waals surface area contributed by atoms with Gasteiger partial charge in [-0.3, -0.25) is 0 Å². The van der Waals surface area contributed by atoms with Crippen molar-refractivity contribution in [1.82, 2.24) is 4.68 Å². The van der Waals surface area contributed by atoms with Crippen LogP contribution in [0.1, 0.15) is 5.56 Å². The summed E-state index contributed by atoms with van der Waals surface area (Å²) in [4.78, 5) is 0. The van der Waals surface area contributed by atoms with E-state index in [2.05, 4.69) is 9.84 Å². The first-order chi connectivity index (χ1) is 13.2. The molecule has 0 spiro atoms. The van der Waals surface area contributed by atoms with Gasteiger partial charge in [0.2, 0.25) is 0 Å². The number of hydrogen-bond acceptors (Lipinski definition) is 3. The molecule has 0 bridgehead atoms. The quantitative estimate of drug-likeness (QED) is 0.280. The van der Waals surface area contributed by atoms with Crippen molar-refractivity contribution >= 4 is 5.90 Å². The van der Waals surface area contributed by atoms with Gasteiger partial charge in [-0.1, -0.05) is 41.5 Å². The van der Waals surface area contributed by atoms with Crippen LogP contribution in [0.2, 0.25) is 0 Å². The van der Waals surface area contributed by atoms with Crippen LogP contribution < -0.4 is 14.4 Å². The van der Waals surface area contributed by atoms with E-state index in [4.69, 9.17) is 0 Å². The maximum absolute atomic E-state index is 12.9. The standard InChI is InChI=1S/C19H15F4N3O2/c1-25-10-11-26(12-25)24-17(27)15-4-2-13(3-5-15)14-6-8-16(9-7-14)28-19(22,23)18(20)21/h2-12,18H,1H3. The third-order valence-corrected chi connectivity index (χ3v) is 3.79. The molecule has 0 aliphatic carbocycles. The molecule has 3 rings (SSSR count). The third kappa shape index (κ3) is 4.48. The Labute approximate surface area is 157 Å². The van der Waals surface area contributed by atoms with Gasteiger partial charge in [0.15, 0.2) is 6.20 Å². The molecule has 5 nitrogen and oxygen atoms in total. The zero-order chi connectivity index (χ0) is 20.3. The van der Waals surface area contributed by atoms with Crippen molar-refractivity contribution in [1.29, 1.82) is 0 Å². The van der Waals surface area contributed by atoms with Gasteiger partial charge in [-0.05, 0) is 28.8 Å². The molecule has 0 aliphatic heterocycles. The predicted molar refractivity (Wildman–Crippen MR) is 91.0 cm³/mol. The Morgan fingerprint density at radius 2 is 1.64 bits per heavy atom. The van der Waals surface area contributed by atoms with Gasteiger partial charge in [-0.25, -0.2) is 4.57 Å². The maximum atomic E-state index is 12.9. The van der Waals surface area contributed by atoms with E-state index in [1.54, 1.807) is 54.6 Å². The molecule has 1 aromatic heterocycles. The predicted octanol–water partition coefficient (Wildman–Crippen LogP) is 2.79.